The molecule has 1 saturated heterocycles. The second-order valence-corrected chi connectivity index (χ2v) is 6.00. The first-order chi connectivity index (χ1) is 9.20. The van der Waals surface area contributed by atoms with Crippen molar-refractivity contribution < 1.29 is 9.90 Å². The Morgan fingerprint density at radius 2 is 2.00 bits per heavy atom. The Morgan fingerprint density at radius 3 is 2.68 bits per heavy atom. The summed E-state index contributed by atoms with van der Waals surface area (Å²) >= 11 is 3.37. The summed E-state index contributed by atoms with van der Waals surface area (Å²) in [5.74, 6) is 0.132. The number of likely N-dealkylation sites (tertiary alicyclic amines) is 1. The third-order valence-corrected chi connectivity index (χ3v) is 4.25. The Balaban J connectivity index is 2.01. The maximum atomic E-state index is 12.3. The maximum absolute atomic E-state index is 12.3. The average molecular weight is 326 g/mol. The predicted octanol–water partition coefficient (Wildman–Crippen LogP) is 2.87. The molecule has 0 spiro atoms. The molecule has 0 saturated carbocycles. The largest absolute Gasteiger partial charge is 0.395 e. The van der Waals surface area contributed by atoms with Gasteiger partial charge in [-0.3, -0.25) is 9.69 Å². The van der Waals surface area contributed by atoms with Gasteiger partial charge in [-0.2, -0.15) is 0 Å². The van der Waals surface area contributed by atoms with Gasteiger partial charge in [0.2, 0.25) is 0 Å². The number of rotatable bonds is 4. The van der Waals surface area contributed by atoms with Gasteiger partial charge in [-0.25, -0.2) is 0 Å². The number of ketones is 1. The second-order valence-electron chi connectivity index (χ2n) is 5.09. The molecule has 104 valence electrons. The molecule has 1 unspecified atom stereocenters. The van der Waals surface area contributed by atoms with Gasteiger partial charge in [0.05, 0.1) is 13.2 Å². The van der Waals surface area contributed by atoms with Gasteiger partial charge < -0.3 is 5.11 Å². The normalized spacial score (nSPS) is 21.1. The van der Waals surface area contributed by atoms with Crippen LogP contribution in [0.2, 0.25) is 0 Å². The van der Waals surface area contributed by atoms with Crippen LogP contribution in [-0.4, -0.2) is 41.5 Å². The van der Waals surface area contributed by atoms with Crippen molar-refractivity contribution in [3.63, 3.8) is 0 Å². The van der Waals surface area contributed by atoms with E-state index in [4.69, 9.17) is 0 Å². The van der Waals surface area contributed by atoms with Crippen LogP contribution in [0.3, 0.4) is 0 Å². The van der Waals surface area contributed by atoms with Gasteiger partial charge in [0, 0.05) is 16.1 Å². The van der Waals surface area contributed by atoms with E-state index >= 15 is 0 Å². The number of Topliss-reactive ketones (excluding diaryl/α,β-unsaturated/α-hetero) is 1. The molecule has 1 aromatic carbocycles. The van der Waals surface area contributed by atoms with Crippen LogP contribution in [0, 0.1) is 0 Å². The quantitative estimate of drug-likeness (QED) is 0.865. The van der Waals surface area contributed by atoms with Crippen molar-refractivity contribution in [2.24, 2.45) is 0 Å². The van der Waals surface area contributed by atoms with Crippen LogP contribution in [0.4, 0.5) is 0 Å². The molecule has 3 nitrogen and oxygen atoms in total. The van der Waals surface area contributed by atoms with Crippen molar-refractivity contribution >= 4 is 21.7 Å². The number of benzene rings is 1. The molecule has 1 aliphatic rings. The fraction of sp³-hybridized carbons (Fsp3) is 0.533. The molecule has 0 amide bonds. The molecule has 0 aromatic heterocycles. The summed E-state index contributed by atoms with van der Waals surface area (Å²) in [5, 5.41) is 9.45. The molecule has 1 N–H and O–H groups in total. The summed E-state index contributed by atoms with van der Waals surface area (Å²) in [5.41, 5.74) is 0.740. The predicted molar refractivity (Wildman–Crippen MR) is 79.4 cm³/mol. The molecule has 0 radical (unpaired) electrons. The lowest BCUT2D eigenvalue weighted by Crippen LogP contribution is -2.40. The van der Waals surface area contributed by atoms with E-state index in [0.29, 0.717) is 6.54 Å². The minimum absolute atomic E-state index is 0.132. The third kappa shape index (κ3) is 4.13. The molecule has 1 atom stereocenters. The Kier molecular flexibility index (Phi) is 5.55. The molecule has 4 heteroatoms. The Bertz CT molecular complexity index is 419. The lowest BCUT2D eigenvalue weighted by molar-refractivity contribution is 0.0826. The van der Waals surface area contributed by atoms with Crippen molar-refractivity contribution in [2.75, 3.05) is 19.7 Å². The van der Waals surface area contributed by atoms with Crippen molar-refractivity contribution in [2.45, 2.75) is 31.7 Å². The summed E-state index contributed by atoms with van der Waals surface area (Å²) in [7, 11) is 0. The fourth-order valence-corrected chi connectivity index (χ4v) is 2.83. The van der Waals surface area contributed by atoms with Crippen LogP contribution in [0.1, 0.15) is 36.0 Å². The zero-order valence-electron chi connectivity index (χ0n) is 11.0. The van der Waals surface area contributed by atoms with Crippen molar-refractivity contribution in [3.8, 4) is 0 Å². The Hall–Kier alpha value is -0.710. The van der Waals surface area contributed by atoms with E-state index in [-0.39, 0.29) is 18.4 Å². The minimum Gasteiger partial charge on any atom is -0.395 e. The summed E-state index contributed by atoms with van der Waals surface area (Å²) in [6, 6.07) is 7.61. The summed E-state index contributed by atoms with van der Waals surface area (Å²) in [6.45, 7) is 1.47. The molecule has 0 aliphatic carbocycles. The highest BCUT2D eigenvalue weighted by atomic mass is 79.9. The Morgan fingerprint density at radius 1 is 1.26 bits per heavy atom. The SMILES string of the molecule is O=C(CN1CCCCCC1CO)c1ccc(Br)cc1. The van der Waals surface area contributed by atoms with Gasteiger partial charge in [-0.1, -0.05) is 40.9 Å². The number of halogens is 1. The topological polar surface area (TPSA) is 40.5 Å². The van der Waals surface area contributed by atoms with Gasteiger partial charge in [-0.15, -0.1) is 0 Å². The molecular weight excluding hydrogens is 306 g/mol. The zero-order valence-corrected chi connectivity index (χ0v) is 12.6. The van der Waals surface area contributed by atoms with Crippen LogP contribution in [0.15, 0.2) is 28.7 Å². The first kappa shape index (κ1) is 14.7. The number of nitrogens with zero attached hydrogens (tertiary/aromatic N) is 1. The summed E-state index contributed by atoms with van der Waals surface area (Å²) in [4.78, 5) is 14.4. The van der Waals surface area contributed by atoms with E-state index in [1.165, 1.54) is 6.42 Å². The summed E-state index contributed by atoms with van der Waals surface area (Å²) in [6.07, 6.45) is 4.45. The number of hydrogen-bond acceptors (Lipinski definition) is 3. The van der Waals surface area contributed by atoms with E-state index in [0.717, 1.165) is 35.8 Å². The van der Waals surface area contributed by atoms with E-state index < -0.39 is 0 Å². The van der Waals surface area contributed by atoms with Crippen molar-refractivity contribution in [1.29, 1.82) is 0 Å². The molecule has 2 rings (SSSR count). The highest BCUT2D eigenvalue weighted by Crippen LogP contribution is 2.17. The minimum atomic E-state index is 0.132. The van der Waals surface area contributed by atoms with Gasteiger partial charge in [0.25, 0.3) is 0 Å². The third-order valence-electron chi connectivity index (χ3n) is 3.72. The fourth-order valence-electron chi connectivity index (χ4n) is 2.56. The van der Waals surface area contributed by atoms with Gasteiger partial charge in [0.1, 0.15) is 0 Å². The number of aliphatic hydroxyl groups excluding tert-OH is 1. The monoisotopic (exact) mass is 325 g/mol. The number of carbonyl (C=O) groups is 1. The van der Waals surface area contributed by atoms with Crippen molar-refractivity contribution in [1.82, 2.24) is 4.90 Å². The number of carbonyl (C=O) groups excluding carboxylic acids is 1. The second kappa shape index (κ2) is 7.17. The number of hydrogen-bond donors (Lipinski definition) is 1. The zero-order chi connectivity index (χ0) is 13.7. The van der Waals surface area contributed by atoms with Gasteiger partial charge >= 0.3 is 0 Å². The first-order valence-corrected chi connectivity index (χ1v) is 7.63. The van der Waals surface area contributed by atoms with E-state index in [2.05, 4.69) is 20.8 Å². The molecule has 1 fully saturated rings. The highest BCUT2D eigenvalue weighted by Gasteiger charge is 2.22. The average Bonchev–Trinajstić information content (AvgIpc) is 2.64. The van der Waals surface area contributed by atoms with Gasteiger partial charge in [0.15, 0.2) is 5.78 Å². The smallest absolute Gasteiger partial charge is 0.176 e. The number of aliphatic hydroxyl groups is 1. The van der Waals surface area contributed by atoms with E-state index in [9.17, 15) is 9.90 Å². The highest BCUT2D eigenvalue weighted by molar-refractivity contribution is 9.10. The molecule has 0 bridgehead atoms. The van der Waals surface area contributed by atoms with Gasteiger partial charge in [-0.05, 0) is 31.5 Å². The molecule has 1 aliphatic heterocycles. The molecule has 1 heterocycles. The molecule has 1 aromatic rings. The summed E-state index contributed by atoms with van der Waals surface area (Å²) < 4.78 is 0.979. The first-order valence-electron chi connectivity index (χ1n) is 6.84. The van der Waals surface area contributed by atoms with Crippen LogP contribution in [0.25, 0.3) is 0 Å². The Labute approximate surface area is 122 Å². The molecular formula is C15H20BrNO2. The maximum Gasteiger partial charge on any atom is 0.176 e. The van der Waals surface area contributed by atoms with Crippen LogP contribution in [0.5, 0.6) is 0 Å². The van der Waals surface area contributed by atoms with E-state index in [1.807, 2.05) is 24.3 Å². The standard InChI is InChI=1S/C15H20BrNO2/c16-13-7-5-12(6-8-13)15(19)10-17-9-3-1-2-4-14(17)11-18/h5-8,14,18H,1-4,9-11H2. The van der Waals surface area contributed by atoms with Crippen LogP contribution >= 0.6 is 15.9 Å². The van der Waals surface area contributed by atoms with Crippen molar-refractivity contribution in [3.05, 3.63) is 34.3 Å². The van der Waals surface area contributed by atoms with Crippen LogP contribution in [-0.2, 0) is 0 Å². The van der Waals surface area contributed by atoms with Crippen LogP contribution < -0.4 is 0 Å². The lowest BCUT2D eigenvalue weighted by Gasteiger charge is -2.27. The molecule has 19 heavy (non-hydrogen) atoms. The lowest BCUT2D eigenvalue weighted by atomic mass is 10.1. The van der Waals surface area contributed by atoms with E-state index in [1.54, 1.807) is 0 Å².